The normalized spacial score (nSPS) is 24.8. The molecule has 4 heteroatoms. The maximum atomic E-state index is 11.2. The molecule has 3 atom stereocenters. The number of hydrogen-bond donors (Lipinski definition) is 0. The topological polar surface area (TPSA) is 35.5 Å². The summed E-state index contributed by atoms with van der Waals surface area (Å²) in [5, 5.41) is 0. The van der Waals surface area contributed by atoms with Gasteiger partial charge in [-0.05, 0) is 24.9 Å². The minimum Gasteiger partial charge on any atom is -0.462 e. The van der Waals surface area contributed by atoms with Crippen molar-refractivity contribution in [3.05, 3.63) is 12.2 Å². The SMILES string of the molecule is CC(=O)OC1CC=CC1C(CC(C)(C)C)O[SiH](C)C. The highest BCUT2D eigenvalue weighted by Gasteiger charge is 2.35. The highest BCUT2D eigenvalue weighted by atomic mass is 28.3. The molecule has 3 unspecified atom stereocenters. The van der Waals surface area contributed by atoms with Gasteiger partial charge in [0.1, 0.15) is 6.10 Å². The molecule has 0 aromatic carbocycles. The van der Waals surface area contributed by atoms with Crippen LogP contribution in [0.5, 0.6) is 0 Å². The molecule has 1 aliphatic carbocycles. The summed E-state index contributed by atoms with van der Waals surface area (Å²) in [5.74, 6) is 0.00743. The van der Waals surface area contributed by atoms with Crippen molar-refractivity contribution in [2.45, 2.75) is 65.8 Å². The van der Waals surface area contributed by atoms with Crippen molar-refractivity contribution in [2.75, 3.05) is 0 Å². The fourth-order valence-electron chi connectivity index (χ4n) is 2.58. The van der Waals surface area contributed by atoms with Crippen LogP contribution in [0.1, 0.15) is 40.5 Å². The Labute approximate surface area is 119 Å². The smallest absolute Gasteiger partial charge is 0.302 e. The summed E-state index contributed by atoms with van der Waals surface area (Å²) in [6, 6.07) is 0. The fourth-order valence-corrected chi connectivity index (χ4v) is 3.56. The molecule has 1 aliphatic rings. The van der Waals surface area contributed by atoms with Gasteiger partial charge in [0.05, 0.1) is 6.10 Å². The lowest BCUT2D eigenvalue weighted by Crippen LogP contribution is -2.37. The monoisotopic (exact) mass is 284 g/mol. The zero-order valence-corrected chi connectivity index (χ0v) is 14.3. The summed E-state index contributed by atoms with van der Waals surface area (Å²) >= 11 is 0. The van der Waals surface area contributed by atoms with E-state index in [-0.39, 0.29) is 29.5 Å². The van der Waals surface area contributed by atoms with E-state index in [4.69, 9.17) is 9.16 Å². The van der Waals surface area contributed by atoms with Gasteiger partial charge >= 0.3 is 5.97 Å². The van der Waals surface area contributed by atoms with Crippen LogP contribution in [0, 0.1) is 11.3 Å². The Morgan fingerprint density at radius 2 is 2.05 bits per heavy atom. The van der Waals surface area contributed by atoms with Crippen molar-refractivity contribution >= 4 is 15.0 Å². The standard InChI is InChI=1S/C15H28O3Si/c1-11(16)17-13-9-7-8-12(13)14(18-19(5)6)10-15(2,3)4/h7-8,12-14,19H,9-10H2,1-6H3. The van der Waals surface area contributed by atoms with Crippen LogP contribution in [0.3, 0.4) is 0 Å². The quantitative estimate of drug-likeness (QED) is 0.441. The van der Waals surface area contributed by atoms with E-state index < -0.39 is 9.04 Å². The molecule has 0 bridgehead atoms. The second kappa shape index (κ2) is 6.71. The number of carbonyl (C=O) groups is 1. The Morgan fingerprint density at radius 1 is 1.42 bits per heavy atom. The summed E-state index contributed by atoms with van der Waals surface area (Å²) in [7, 11) is -1.11. The predicted octanol–water partition coefficient (Wildman–Crippen LogP) is 3.30. The molecule has 3 nitrogen and oxygen atoms in total. The number of rotatable bonds is 5. The molecule has 0 N–H and O–H groups in total. The van der Waals surface area contributed by atoms with Gasteiger partial charge in [0.15, 0.2) is 9.04 Å². The van der Waals surface area contributed by atoms with Crippen LogP contribution in [-0.4, -0.2) is 27.2 Å². The highest BCUT2D eigenvalue weighted by molar-refractivity contribution is 6.48. The van der Waals surface area contributed by atoms with Crippen LogP contribution in [-0.2, 0) is 14.0 Å². The summed E-state index contributed by atoms with van der Waals surface area (Å²) < 4.78 is 11.7. The molecular weight excluding hydrogens is 256 g/mol. The molecule has 0 aromatic heterocycles. The number of hydrogen-bond acceptors (Lipinski definition) is 3. The predicted molar refractivity (Wildman–Crippen MR) is 80.6 cm³/mol. The summed E-state index contributed by atoms with van der Waals surface area (Å²) in [6.45, 7) is 12.5. The summed E-state index contributed by atoms with van der Waals surface area (Å²) in [4.78, 5) is 11.2. The molecular formula is C15H28O3Si. The van der Waals surface area contributed by atoms with Gasteiger partial charge in [0.25, 0.3) is 0 Å². The van der Waals surface area contributed by atoms with Crippen LogP contribution < -0.4 is 0 Å². The maximum absolute atomic E-state index is 11.2. The molecule has 0 saturated carbocycles. The van der Waals surface area contributed by atoms with E-state index in [0.717, 1.165) is 12.8 Å². The van der Waals surface area contributed by atoms with Crippen molar-refractivity contribution in [3.8, 4) is 0 Å². The van der Waals surface area contributed by atoms with E-state index in [1.807, 2.05) is 0 Å². The van der Waals surface area contributed by atoms with Gasteiger partial charge in [-0.25, -0.2) is 0 Å². The van der Waals surface area contributed by atoms with Crippen molar-refractivity contribution in [1.29, 1.82) is 0 Å². The largest absolute Gasteiger partial charge is 0.462 e. The second-order valence-corrected chi connectivity index (χ2v) is 9.25. The molecule has 0 heterocycles. The van der Waals surface area contributed by atoms with Crippen LogP contribution in [0.4, 0.5) is 0 Å². The van der Waals surface area contributed by atoms with Crippen molar-refractivity contribution < 1.29 is 14.0 Å². The Hall–Kier alpha value is -0.613. The zero-order valence-electron chi connectivity index (χ0n) is 13.1. The first-order valence-corrected chi connectivity index (χ1v) is 9.96. The van der Waals surface area contributed by atoms with Crippen LogP contribution in [0.15, 0.2) is 12.2 Å². The molecule has 110 valence electrons. The third kappa shape index (κ3) is 5.91. The molecule has 0 saturated heterocycles. The van der Waals surface area contributed by atoms with Crippen LogP contribution >= 0.6 is 0 Å². The molecule has 0 fully saturated rings. The van der Waals surface area contributed by atoms with Gasteiger partial charge in [-0.1, -0.05) is 32.9 Å². The summed E-state index contributed by atoms with van der Waals surface area (Å²) in [6.07, 6.45) is 6.20. The average molecular weight is 284 g/mol. The Kier molecular flexibility index (Phi) is 5.80. The van der Waals surface area contributed by atoms with E-state index >= 15 is 0 Å². The third-order valence-electron chi connectivity index (χ3n) is 3.16. The second-order valence-electron chi connectivity index (χ2n) is 6.88. The van der Waals surface area contributed by atoms with Gasteiger partial charge in [-0.2, -0.15) is 0 Å². The lowest BCUT2D eigenvalue weighted by atomic mass is 9.83. The van der Waals surface area contributed by atoms with Gasteiger partial charge in [-0.3, -0.25) is 4.79 Å². The lowest BCUT2D eigenvalue weighted by Gasteiger charge is -2.34. The molecule has 0 radical (unpaired) electrons. The van der Waals surface area contributed by atoms with Gasteiger partial charge < -0.3 is 9.16 Å². The van der Waals surface area contributed by atoms with E-state index in [1.54, 1.807) is 0 Å². The van der Waals surface area contributed by atoms with E-state index in [9.17, 15) is 4.79 Å². The Morgan fingerprint density at radius 3 is 2.53 bits per heavy atom. The Balaban J connectivity index is 2.77. The molecule has 19 heavy (non-hydrogen) atoms. The van der Waals surface area contributed by atoms with E-state index in [1.165, 1.54) is 6.92 Å². The van der Waals surface area contributed by atoms with Crippen LogP contribution in [0.25, 0.3) is 0 Å². The average Bonchev–Trinajstić information content (AvgIpc) is 2.60. The number of esters is 1. The molecule has 0 aromatic rings. The van der Waals surface area contributed by atoms with Gasteiger partial charge in [0, 0.05) is 19.3 Å². The van der Waals surface area contributed by atoms with Crippen molar-refractivity contribution in [1.82, 2.24) is 0 Å². The molecule has 0 amide bonds. The van der Waals surface area contributed by atoms with E-state index in [2.05, 4.69) is 46.0 Å². The fraction of sp³-hybridized carbons (Fsp3) is 0.800. The van der Waals surface area contributed by atoms with Gasteiger partial charge in [0.2, 0.25) is 0 Å². The van der Waals surface area contributed by atoms with Crippen LogP contribution in [0.2, 0.25) is 13.1 Å². The van der Waals surface area contributed by atoms with Crippen molar-refractivity contribution in [2.24, 2.45) is 11.3 Å². The number of ether oxygens (including phenoxy) is 1. The first kappa shape index (κ1) is 16.4. The van der Waals surface area contributed by atoms with Gasteiger partial charge in [-0.15, -0.1) is 0 Å². The maximum Gasteiger partial charge on any atom is 0.302 e. The first-order valence-electron chi connectivity index (χ1n) is 7.18. The summed E-state index contributed by atoms with van der Waals surface area (Å²) in [5.41, 5.74) is 0.213. The number of carbonyl (C=O) groups excluding carboxylic acids is 1. The highest BCUT2D eigenvalue weighted by Crippen LogP contribution is 2.33. The van der Waals surface area contributed by atoms with Crippen molar-refractivity contribution in [3.63, 3.8) is 0 Å². The zero-order chi connectivity index (χ0) is 14.6. The minimum absolute atomic E-state index is 0.0439. The molecule has 0 spiro atoms. The first-order chi connectivity index (χ1) is 8.69. The minimum atomic E-state index is -1.11. The Bertz CT molecular complexity index is 331. The lowest BCUT2D eigenvalue weighted by molar-refractivity contribution is -0.149. The molecule has 1 rings (SSSR count). The third-order valence-corrected chi connectivity index (χ3v) is 4.06. The molecule has 0 aliphatic heterocycles. The van der Waals surface area contributed by atoms with E-state index in [0.29, 0.717) is 0 Å².